The minimum atomic E-state index is -0.264. The molecule has 0 saturated carbocycles. The number of benzene rings is 2. The van der Waals surface area contributed by atoms with Gasteiger partial charge < -0.3 is 20.1 Å². The van der Waals surface area contributed by atoms with Crippen LogP contribution in [-0.4, -0.2) is 43.6 Å². The maximum absolute atomic E-state index is 13.1. The van der Waals surface area contributed by atoms with Crippen LogP contribution in [0.2, 0.25) is 0 Å². The predicted molar refractivity (Wildman–Crippen MR) is 135 cm³/mol. The zero-order chi connectivity index (χ0) is 22.2. The summed E-state index contributed by atoms with van der Waals surface area (Å²) in [6, 6.07) is 13.9. The highest BCUT2D eigenvalue weighted by Crippen LogP contribution is 2.29. The van der Waals surface area contributed by atoms with Crippen molar-refractivity contribution < 1.29 is 13.9 Å². The quantitative estimate of drug-likeness (QED) is 0.250. The zero-order valence-corrected chi connectivity index (χ0v) is 21.0. The molecule has 0 saturated heterocycles. The lowest BCUT2D eigenvalue weighted by Gasteiger charge is -2.20. The van der Waals surface area contributed by atoms with Gasteiger partial charge in [0.05, 0.1) is 31.6 Å². The van der Waals surface area contributed by atoms with Crippen molar-refractivity contribution in [2.45, 2.75) is 19.4 Å². The summed E-state index contributed by atoms with van der Waals surface area (Å²) in [5.74, 6) is 1.96. The fourth-order valence-corrected chi connectivity index (χ4v) is 3.20. The first kappa shape index (κ1) is 25.4. The van der Waals surface area contributed by atoms with Gasteiger partial charge in [-0.1, -0.05) is 0 Å². The summed E-state index contributed by atoms with van der Waals surface area (Å²) in [7, 11) is 5.02. The Bertz CT molecular complexity index is 1020. The van der Waals surface area contributed by atoms with Gasteiger partial charge in [-0.25, -0.2) is 9.07 Å². The first-order valence-electron chi connectivity index (χ1n) is 10.0. The molecule has 0 aliphatic carbocycles. The van der Waals surface area contributed by atoms with Crippen LogP contribution in [-0.2, 0) is 6.42 Å². The van der Waals surface area contributed by atoms with E-state index in [-0.39, 0.29) is 35.8 Å². The smallest absolute Gasteiger partial charge is 0.191 e. The number of hydrogen-bond donors (Lipinski definition) is 2. The van der Waals surface area contributed by atoms with Crippen molar-refractivity contribution in [1.29, 1.82) is 0 Å². The summed E-state index contributed by atoms with van der Waals surface area (Å²) in [5, 5.41) is 11.2. The highest BCUT2D eigenvalue weighted by atomic mass is 127. The Morgan fingerprint density at radius 2 is 1.88 bits per heavy atom. The zero-order valence-electron chi connectivity index (χ0n) is 18.6. The van der Waals surface area contributed by atoms with Crippen molar-refractivity contribution in [2.75, 3.05) is 27.8 Å². The van der Waals surface area contributed by atoms with Crippen LogP contribution in [0.1, 0.15) is 24.2 Å². The molecular formula is C23H29FIN5O2. The Balaban J connectivity index is 0.00000363. The summed E-state index contributed by atoms with van der Waals surface area (Å²) < 4.78 is 25.6. The van der Waals surface area contributed by atoms with E-state index in [1.165, 1.54) is 12.1 Å². The molecule has 172 valence electrons. The van der Waals surface area contributed by atoms with Crippen LogP contribution in [0.5, 0.6) is 11.5 Å². The Kier molecular flexibility index (Phi) is 9.76. The molecular weight excluding hydrogens is 524 g/mol. The van der Waals surface area contributed by atoms with E-state index in [1.807, 2.05) is 37.4 Å². The van der Waals surface area contributed by atoms with E-state index in [0.29, 0.717) is 18.9 Å². The van der Waals surface area contributed by atoms with Crippen molar-refractivity contribution in [3.63, 3.8) is 0 Å². The Morgan fingerprint density at radius 3 is 2.53 bits per heavy atom. The van der Waals surface area contributed by atoms with Crippen molar-refractivity contribution >= 4 is 29.9 Å². The normalized spacial score (nSPS) is 12.0. The topological polar surface area (TPSA) is 72.7 Å². The standard InChI is InChI=1S/C23H28FN5O2.HI/c1-16(21-15-20(30-3)9-10-22(21)31-4)27-23(25-2)26-13-11-18-12-14-29(28-18)19-7-5-17(24)6-8-19;/h5-10,12,14-16H,11,13H2,1-4H3,(H2,25,26,27);1H. The van der Waals surface area contributed by atoms with E-state index < -0.39 is 0 Å². The first-order valence-corrected chi connectivity index (χ1v) is 10.0. The van der Waals surface area contributed by atoms with E-state index in [1.54, 1.807) is 38.1 Å². The van der Waals surface area contributed by atoms with Gasteiger partial charge in [0.25, 0.3) is 0 Å². The third-order valence-corrected chi connectivity index (χ3v) is 4.89. The SMILES string of the molecule is CN=C(NCCc1ccn(-c2ccc(F)cc2)n1)NC(C)c1cc(OC)ccc1OC.I. The number of ether oxygens (including phenoxy) is 2. The number of guanidine groups is 1. The summed E-state index contributed by atoms with van der Waals surface area (Å²) in [4.78, 5) is 4.31. The van der Waals surface area contributed by atoms with E-state index in [0.717, 1.165) is 28.4 Å². The van der Waals surface area contributed by atoms with E-state index in [9.17, 15) is 4.39 Å². The van der Waals surface area contributed by atoms with Crippen LogP contribution in [0.3, 0.4) is 0 Å². The monoisotopic (exact) mass is 553 g/mol. The summed E-state index contributed by atoms with van der Waals surface area (Å²) in [5.41, 5.74) is 2.72. The number of rotatable bonds is 8. The van der Waals surface area contributed by atoms with Crippen LogP contribution in [0, 0.1) is 5.82 Å². The van der Waals surface area contributed by atoms with Gasteiger partial charge in [0, 0.05) is 31.8 Å². The second-order valence-corrected chi connectivity index (χ2v) is 6.95. The van der Waals surface area contributed by atoms with Gasteiger partial charge in [-0.05, 0) is 55.5 Å². The van der Waals surface area contributed by atoms with Gasteiger partial charge in [-0.15, -0.1) is 24.0 Å². The number of hydrogen-bond acceptors (Lipinski definition) is 4. The molecule has 0 fully saturated rings. The lowest BCUT2D eigenvalue weighted by Crippen LogP contribution is -2.39. The molecule has 0 bridgehead atoms. The molecule has 0 amide bonds. The number of aliphatic imine (C=N–C) groups is 1. The molecule has 2 N–H and O–H groups in total. The molecule has 0 aliphatic heterocycles. The molecule has 3 aromatic rings. The van der Waals surface area contributed by atoms with Crippen LogP contribution < -0.4 is 20.1 Å². The first-order chi connectivity index (χ1) is 15.0. The van der Waals surface area contributed by atoms with Gasteiger partial charge in [0.1, 0.15) is 17.3 Å². The summed E-state index contributed by atoms with van der Waals surface area (Å²) >= 11 is 0. The van der Waals surface area contributed by atoms with Gasteiger partial charge in [0.15, 0.2) is 5.96 Å². The minimum Gasteiger partial charge on any atom is -0.497 e. The van der Waals surface area contributed by atoms with Gasteiger partial charge in [0.2, 0.25) is 0 Å². The largest absolute Gasteiger partial charge is 0.497 e. The van der Waals surface area contributed by atoms with Crippen LogP contribution in [0.4, 0.5) is 4.39 Å². The third kappa shape index (κ3) is 6.59. The Morgan fingerprint density at radius 1 is 1.12 bits per heavy atom. The predicted octanol–water partition coefficient (Wildman–Crippen LogP) is 4.12. The molecule has 3 rings (SSSR count). The molecule has 1 heterocycles. The fraction of sp³-hybridized carbons (Fsp3) is 0.304. The van der Waals surface area contributed by atoms with Crippen molar-refractivity contribution in [2.24, 2.45) is 4.99 Å². The molecule has 1 unspecified atom stereocenters. The average molecular weight is 553 g/mol. The number of methoxy groups -OCH3 is 2. The lowest BCUT2D eigenvalue weighted by molar-refractivity contribution is 0.394. The van der Waals surface area contributed by atoms with Gasteiger partial charge >= 0.3 is 0 Å². The number of nitrogens with zero attached hydrogens (tertiary/aromatic N) is 3. The fourth-order valence-electron chi connectivity index (χ4n) is 3.20. The molecule has 32 heavy (non-hydrogen) atoms. The third-order valence-electron chi connectivity index (χ3n) is 4.89. The van der Waals surface area contributed by atoms with Crippen LogP contribution in [0.15, 0.2) is 59.7 Å². The molecule has 9 heteroatoms. The molecule has 7 nitrogen and oxygen atoms in total. The van der Waals surface area contributed by atoms with Gasteiger partial charge in [-0.2, -0.15) is 5.10 Å². The average Bonchev–Trinajstić information content (AvgIpc) is 3.27. The molecule has 1 atom stereocenters. The second-order valence-electron chi connectivity index (χ2n) is 6.95. The number of aromatic nitrogens is 2. The summed E-state index contributed by atoms with van der Waals surface area (Å²) in [6.45, 7) is 2.69. The number of nitrogens with one attached hydrogen (secondary N) is 2. The van der Waals surface area contributed by atoms with Crippen LogP contribution >= 0.6 is 24.0 Å². The van der Waals surface area contributed by atoms with Crippen molar-refractivity contribution in [1.82, 2.24) is 20.4 Å². The Labute approximate surface area is 205 Å². The maximum atomic E-state index is 13.1. The van der Waals surface area contributed by atoms with Crippen LogP contribution in [0.25, 0.3) is 5.69 Å². The highest BCUT2D eigenvalue weighted by molar-refractivity contribution is 14.0. The molecule has 0 radical (unpaired) electrons. The number of halogens is 2. The van der Waals surface area contributed by atoms with Crippen molar-refractivity contribution in [3.8, 4) is 17.2 Å². The molecule has 0 aliphatic rings. The van der Waals surface area contributed by atoms with E-state index in [2.05, 4.69) is 20.7 Å². The Hall–Kier alpha value is -2.82. The minimum absolute atomic E-state index is 0. The van der Waals surface area contributed by atoms with Gasteiger partial charge in [-0.3, -0.25) is 4.99 Å². The van der Waals surface area contributed by atoms with Crippen molar-refractivity contribution in [3.05, 3.63) is 71.8 Å². The lowest BCUT2D eigenvalue weighted by atomic mass is 10.1. The summed E-state index contributed by atoms with van der Waals surface area (Å²) in [6.07, 6.45) is 2.58. The van der Waals surface area contributed by atoms with E-state index >= 15 is 0 Å². The molecule has 1 aromatic heterocycles. The second kappa shape index (κ2) is 12.3. The highest BCUT2D eigenvalue weighted by Gasteiger charge is 2.14. The van der Waals surface area contributed by atoms with E-state index in [4.69, 9.17) is 9.47 Å². The maximum Gasteiger partial charge on any atom is 0.191 e. The molecule has 0 spiro atoms. The molecule has 2 aromatic carbocycles.